The van der Waals surface area contributed by atoms with Crippen molar-refractivity contribution in [3.63, 3.8) is 0 Å². The van der Waals surface area contributed by atoms with E-state index in [0.29, 0.717) is 22.6 Å². The van der Waals surface area contributed by atoms with Gasteiger partial charge in [0.05, 0.1) is 11.3 Å². The summed E-state index contributed by atoms with van der Waals surface area (Å²) in [5.41, 5.74) is 2.37. The molecule has 39 heavy (non-hydrogen) atoms. The SMILES string of the molecule is CCCCc1cc(=O)n(-c2ccc(Cc3c(F)cc(-c4ccccc4)c(-c4noc(=O)[nH]4)c3F)cc2)c(C)n1. The van der Waals surface area contributed by atoms with E-state index in [2.05, 4.69) is 26.6 Å². The van der Waals surface area contributed by atoms with Gasteiger partial charge >= 0.3 is 5.76 Å². The van der Waals surface area contributed by atoms with Gasteiger partial charge in [-0.1, -0.05) is 61.0 Å². The fourth-order valence-corrected chi connectivity index (χ4v) is 4.66. The Bertz CT molecular complexity index is 1740. The van der Waals surface area contributed by atoms with Gasteiger partial charge in [-0.3, -0.25) is 18.9 Å². The summed E-state index contributed by atoms with van der Waals surface area (Å²) >= 11 is 0. The first kappa shape index (κ1) is 26.0. The normalized spacial score (nSPS) is 11.2. The van der Waals surface area contributed by atoms with E-state index >= 15 is 8.78 Å². The highest BCUT2D eigenvalue weighted by molar-refractivity contribution is 5.81. The van der Waals surface area contributed by atoms with E-state index in [1.54, 1.807) is 67.6 Å². The molecule has 0 amide bonds. The number of aryl methyl sites for hydroxylation is 2. The average molecular weight is 529 g/mol. The number of hydrogen-bond acceptors (Lipinski definition) is 5. The Morgan fingerprint density at radius 1 is 1.00 bits per heavy atom. The number of aromatic amines is 1. The molecule has 2 aromatic heterocycles. The second-order valence-electron chi connectivity index (χ2n) is 9.30. The monoisotopic (exact) mass is 528 g/mol. The van der Waals surface area contributed by atoms with Crippen molar-refractivity contribution in [3.05, 3.63) is 122 Å². The summed E-state index contributed by atoms with van der Waals surface area (Å²) in [4.78, 5) is 31.3. The molecule has 0 radical (unpaired) electrons. The molecule has 3 aromatic carbocycles. The van der Waals surface area contributed by atoms with Gasteiger partial charge in [-0.2, -0.15) is 0 Å². The maximum Gasteiger partial charge on any atom is 0.439 e. The summed E-state index contributed by atoms with van der Waals surface area (Å²) in [6, 6.07) is 18.4. The van der Waals surface area contributed by atoms with E-state index in [4.69, 9.17) is 0 Å². The maximum absolute atomic E-state index is 15.9. The Hall–Kier alpha value is -4.66. The number of halogens is 2. The summed E-state index contributed by atoms with van der Waals surface area (Å²) in [7, 11) is 0. The van der Waals surface area contributed by atoms with Crippen LogP contribution in [0.2, 0.25) is 0 Å². The minimum atomic E-state index is -0.846. The van der Waals surface area contributed by atoms with E-state index in [1.165, 1.54) is 10.6 Å². The van der Waals surface area contributed by atoms with Crippen LogP contribution in [0, 0.1) is 18.6 Å². The quantitative estimate of drug-likeness (QED) is 0.276. The average Bonchev–Trinajstić information content (AvgIpc) is 3.36. The van der Waals surface area contributed by atoms with Gasteiger partial charge in [-0.05, 0) is 54.7 Å². The van der Waals surface area contributed by atoms with Crippen LogP contribution in [0.1, 0.15) is 42.4 Å². The largest absolute Gasteiger partial charge is 0.439 e. The summed E-state index contributed by atoms with van der Waals surface area (Å²) in [5.74, 6) is -1.98. The molecule has 5 rings (SSSR count). The Kier molecular flexibility index (Phi) is 7.31. The second kappa shape index (κ2) is 11.0. The van der Waals surface area contributed by atoms with Gasteiger partial charge in [-0.15, -0.1) is 0 Å². The Morgan fingerprint density at radius 2 is 1.74 bits per heavy atom. The third-order valence-corrected chi connectivity index (χ3v) is 6.58. The van der Waals surface area contributed by atoms with Gasteiger partial charge in [0.1, 0.15) is 17.5 Å². The molecule has 1 N–H and O–H groups in total. The van der Waals surface area contributed by atoms with Gasteiger partial charge in [0.15, 0.2) is 5.82 Å². The molecular weight excluding hydrogens is 502 g/mol. The number of benzene rings is 3. The summed E-state index contributed by atoms with van der Waals surface area (Å²) in [6.07, 6.45) is 2.65. The number of rotatable bonds is 8. The summed E-state index contributed by atoms with van der Waals surface area (Å²) < 4.78 is 37.4. The van der Waals surface area contributed by atoms with Crippen LogP contribution in [0.3, 0.4) is 0 Å². The van der Waals surface area contributed by atoms with E-state index in [1.807, 2.05) is 0 Å². The van der Waals surface area contributed by atoms with Gasteiger partial charge in [0.25, 0.3) is 5.56 Å². The smallest absolute Gasteiger partial charge is 0.296 e. The number of nitrogens with zero attached hydrogens (tertiary/aromatic N) is 3. The zero-order valence-electron chi connectivity index (χ0n) is 21.5. The predicted octanol–water partition coefficient (Wildman–Crippen LogP) is 5.76. The molecule has 7 nitrogen and oxygen atoms in total. The molecule has 2 heterocycles. The van der Waals surface area contributed by atoms with Crippen LogP contribution in [0.5, 0.6) is 0 Å². The molecule has 0 unspecified atom stereocenters. The van der Waals surface area contributed by atoms with Crippen molar-refractivity contribution in [1.82, 2.24) is 19.7 Å². The van der Waals surface area contributed by atoms with E-state index in [0.717, 1.165) is 25.0 Å². The van der Waals surface area contributed by atoms with Gasteiger partial charge in [-0.25, -0.2) is 18.6 Å². The number of H-pyrrole nitrogens is 1. The highest BCUT2D eigenvalue weighted by Crippen LogP contribution is 2.36. The lowest BCUT2D eigenvalue weighted by Crippen LogP contribution is -2.22. The van der Waals surface area contributed by atoms with Crippen molar-refractivity contribution in [3.8, 4) is 28.2 Å². The fraction of sp³-hybridized carbons (Fsp3) is 0.200. The van der Waals surface area contributed by atoms with Crippen molar-refractivity contribution in [2.24, 2.45) is 0 Å². The fourth-order valence-electron chi connectivity index (χ4n) is 4.66. The van der Waals surface area contributed by atoms with Crippen LogP contribution in [0.25, 0.3) is 28.2 Å². The lowest BCUT2D eigenvalue weighted by Gasteiger charge is -2.15. The highest BCUT2D eigenvalue weighted by atomic mass is 19.1. The topological polar surface area (TPSA) is 93.8 Å². The second-order valence-corrected chi connectivity index (χ2v) is 9.30. The first-order chi connectivity index (χ1) is 18.9. The standard InChI is InChI=1S/C30H26F2N4O3/c1-3-4-10-21-16-26(37)36(18(2)33-21)22-13-11-19(12-14-22)15-24-25(31)17-23(20-8-6-5-7-9-20)27(28(24)32)29-34-30(38)39-35-29/h5-9,11-14,16-17H,3-4,10,15H2,1-2H3,(H,34,35,38). The Balaban J connectivity index is 1.51. The third kappa shape index (κ3) is 5.34. The van der Waals surface area contributed by atoms with Crippen LogP contribution >= 0.6 is 0 Å². The molecule has 9 heteroatoms. The highest BCUT2D eigenvalue weighted by Gasteiger charge is 2.24. The predicted molar refractivity (Wildman–Crippen MR) is 144 cm³/mol. The Morgan fingerprint density at radius 3 is 2.38 bits per heavy atom. The molecule has 0 atom stereocenters. The minimum Gasteiger partial charge on any atom is -0.296 e. The van der Waals surface area contributed by atoms with Crippen LogP contribution in [-0.4, -0.2) is 19.7 Å². The van der Waals surface area contributed by atoms with Crippen molar-refractivity contribution < 1.29 is 13.3 Å². The lowest BCUT2D eigenvalue weighted by atomic mass is 9.93. The van der Waals surface area contributed by atoms with E-state index in [-0.39, 0.29) is 34.5 Å². The lowest BCUT2D eigenvalue weighted by molar-refractivity contribution is 0.387. The summed E-state index contributed by atoms with van der Waals surface area (Å²) in [5, 5.41) is 3.65. The molecule has 5 aromatic rings. The van der Waals surface area contributed by atoms with Crippen molar-refractivity contribution >= 4 is 0 Å². The van der Waals surface area contributed by atoms with Gasteiger partial charge < -0.3 is 0 Å². The van der Waals surface area contributed by atoms with Crippen molar-refractivity contribution in [1.29, 1.82) is 0 Å². The maximum atomic E-state index is 15.9. The zero-order chi connectivity index (χ0) is 27.5. The van der Waals surface area contributed by atoms with Gasteiger partial charge in [0.2, 0.25) is 0 Å². The van der Waals surface area contributed by atoms with Gasteiger partial charge in [0, 0.05) is 23.7 Å². The van der Waals surface area contributed by atoms with E-state index in [9.17, 15) is 9.59 Å². The van der Waals surface area contributed by atoms with Crippen LogP contribution in [-0.2, 0) is 12.8 Å². The molecule has 0 aliphatic carbocycles. The van der Waals surface area contributed by atoms with Crippen LogP contribution in [0.4, 0.5) is 8.78 Å². The molecular formula is C30H26F2N4O3. The molecule has 0 saturated carbocycles. The third-order valence-electron chi connectivity index (χ3n) is 6.58. The number of hydrogen-bond donors (Lipinski definition) is 1. The molecule has 0 fully saturated rings. The molecule has 0 aliphatic heterocycles. The molecule has 0 saturated heterocycles. The minimum absolute atomic E-state index is 0.0588. The summed E-state index contributed by atoms with van der Waals surface area (Å²) in [6.45, 7) is 3.86. The zero-order valence-corrected chi connectivity index (χ0v) is 21.5. The molecule has 0 aliphatic rings. The van der Waals surface area contributed by atoms with E-state index < -0.39 is 17.4 Å². The first-order valence-electron chi connectivity index (χ1n) is 12.7. The number of unbranched alkanes of at least 4 members (excludes halogenated alkanes) is 1. The first-order valence-corrected chi connectivity index (χ1v) is 12.7. The molecule has 198 valence electrons. The molecule has 0 bridgehead atoms. The number of aromatic nitrogens is 4. The number of nitrogens with one attached hydrogen (secondary N) is 1. The van der Waals surface area contributed by atoms with Crippen LogP contribution in [0.15, 0.2) is 80.8 Å². The van der Waals surface area contributed by atoms with Crippen molar-refractivity contribution in [2.75, 3.05) is 0 Å². The van der Waals surface area contributed by atoms with Crippen LogP contribution < -0.4 is 11.3 Å². The van der Waals surface area contributed by atoms with Crippen molar-refractivity contribution in [2.45, 2.75) is 39.5 Å². The Labute approximate surface area is 222 Å². The molecule has 0 spiro atoms.